The fourth-order valence-electron chi connectivity index (χ4n) is 3.12. The van der Waals surface area contributed by atoms with Gasteiger partial charge in [-0.1, -0.05) is 30.3 Å². The van der Waals surface area contributed by atoms with E-state index in [4.69, 9.17) is 18.6 Å². The average Bonchev–Trinajstić information content (AvgIpc) is 3.24. The fourth-order valence-corrected chi connectivity index (χ4v) is 3.12. The molecule has 1 aromatic carbocycles. The number of piperidine rings is 1. The van der Waals surface area contributed by atoms with Crippen molar-refractivity contribution in [2.45, 2.75) is 32.1 Å². The SMILES string of the molecule is CCOC(=O)c1coc(N2CC[C@H](NC(=O)OCc3ccccc3)[C@H](OC)C2)n1. The zero-order valence-corrected chi connectivity index (χ0v) is 16.5. The quantitative estimate of drug-likeness (QED) is 0.703. The van der Waals surface area contributed by atoms with Gasteiger partial charge < -0.3 is 28.8 Å². The number of amides is 1. The number of benzene rings is 1. The number of carbonyl (C=O) groups is 2. The first-order valence-electron chi connectivity index (χ1n) is 9.48. The first kappa shape index (κ1) is 20.7. The molecular formula is C20H25N3O6. The predicted octanol–water partition coefficient (Wildman–Crippen LogP) is 2.37. The van der Waals surface area contributed by atoms with E-state index in [1.54, 1.807) is 14.0 Å². The lowest BCUT2D eigenvalue weighted by molar-refractivity contribution is 0.0518. The molecule has 2 atom stereocenters. The first-order chi connectivity index (χ1) is 14.1. The molecule has 0 radical (unpaired) electrons. The van der Waals surface area contributed by atoms with Gasteiger partial charge in [-0.2, -0.15) is 4.98 Å². The Morgan fingerprint density at radius 3 is 2.79 bits per heavy atom. The number of rotatable bonds is 7. The molecule has 9 heteroatoms. The second-order valence-electron chi connectivity index (χ2n) is 6.56. The van der Waals surface area contributed by atoms with Crippen LogP contribution in [0.5, 0.6) is 0 Å². The van der Waals surface area contributed by atoms with Crippen LogP contribution in [0.2, 0.25) is 0 Å². The van der Waals surface area contributed by atoms with Crippen LogP contribution < -0.4 is 10.2 Å². The summed E-state index contributed by atoms with van der Waals surface area (Å²) in [6.07, 6.45) is 1.11. The molecule has 0 unspecified atom stereocenters. The van der Waals surface area contributed by atoms with Crippen LogP contribution in [0.25, 0.3) is 0 Å². The number of alkyl carbamates (subject to hydrolysis) is 1. The van der Waals surface area contributed by atoms with Gasteiger partial charge in [0.1, 0.15) is 12.9 Å². The zero-order chi connectivity index (χ0) is 20.6. The number of esters is 1. The van der Waals surface area contributed by atoms with Gasteiger partial charge in [0.25, 0.3) is 6.01 Å². The summed E-state index contributed by atoms with van der Waals surface area (Å²) in [7, 11) is 1.58. The van der Waals surface area contributed by atoms with E-state index in [-0.39, 0.29) is 31.1 Å². The van der Waals surface area contributed by atoms with E-state index >= 15 is 0 Å². The van der Waals surface area contributed by atoms with Crippen molar-refractivity contribution in [2.75, 3.05) is 31.7 Å². The second kappa shape index (κ2) is 9.92. The Kier molecular flexibility index (Phi) is 7.07. The third-order valence-electron chi connectivity index (χ3n) is 4.63. The van der Waals surface area contributed by atoms with Crippen LogP contribution in [-0.4, -0.2) is 56.0 Å². The van der Waals surface area contributed by atoms with Crippen molar-refractivity contribution < 1.29 is 28.2 Å². The Hall–Kier alpha value is -3.07. The molecule has 3 rings (SSSR count). The van der Waals surface area contributed by atoms with E-state index in [9.17, 15) is 9.59 Å². The van der Waals surface area contributed by atoms with E-state index in [2.05, 4.69) is 10.3 Å². The molecule has 2 heterocycles. The van der Waals surface area contributed by atoms with Crippen molar-refractivity contribution in [3.8, 4) is 0 Å². The Morgan fingerprint density at radius 1 is 1.28 bits per heavy atom. The Balaban J connectivity index is 1.52. The molecule has 1 aliphatic heterocycles. The van der Waals surface area contributed by atoms with Crippen LogP contribution in [0, 0.1) is 0 Å². The molecule has 0 spiro atoms. The number of oxazole rings is 1. The maximum atomic E-state index is 12.2. The van der Waals surface area contributed by atoms with Crippen molar-refractivity contribution in [3.05, 3.63) is 47.9 Å². The molecule has 1 aliphatic rings. The monoisotopic (exact) mass is 403 g/mol. The average molecular weight is 403 g/mol. The van der Waals surface area contributed by atoms with Crippen LogP contribution in [0.15, 0.2) is 41.0 Å². The standard InChI is InChI=1S/C20H25N3O6/c1-3-27-18(24)16-13-28-19(21-16)23-10-9-15(17(11-23)26-2)22-20(25)29-12-14-7-5-4-6-8-14/h4-8,13,15,17H,3,9-12H2,1-2H3,(H,22,25)/t15-,17+/m0/s1. The number of nitrogens with one attached hydrogen (secondary N) is 1. The van der Waals surface area contributed by atoms with Gasteiger partial charge >= 0.3 is 12.1 Å². The van der Waals surface area contributed by atoms with Crippen molar-refractivity contribution >= 4 is 18.1 Å². The molecule has 156 valence electrons. The summed E-state index contributed by atoms with van der Waals surface area (Å²) in [6, 6.07) is 9.59. The Morgan fingerprint density at radius 2 is 2.07 bits per heavy atom. The minimum atomic E-state index is -0.525. The van der Waals surface area contributed by atoms with Crippen LogP contribution in [-0.2, 0) is 20.8 Å². The third-order valence-corrected chi connectivity index (χ3v) is 4.63. The smallest absolute Gasteiger partial charge is 0.407 e. The highest BCUT2D eigenvalue weighted by Gasteiger charge is 2.33. The summed E-state index contributed by atoms with van der Waals surface area (Å²) < 4.78 is 21.2. The van der Waals surface area contributed by atoms with Gasteiger partial charge in [-0.25, -0.2) is 9.59 Å². The summed E-state index contributed by atoms with van der Waals surface area (Å²) in [5.74, 6) is -0.525. The molecule has 1 aromatic heterocycles. The predicted molar refractivity (Wildman–Crippen MR) is 104 cm³/mol. The maximum absolute atomic E-state index is 12.2. The van der Waals surface area contributed by atoms with E-state index in [0.717, 1.165) is 5.56 Å². The molecule has 1 saturated heterocycles. The molecule has 0 saturated carbocycles. The summed E-state index contributed by atoms with van der Waals surface area (Å²) in [4.78, 5) is 30.0. The number of methoxy groups -OCH3 is 1. The number of aromatic nitrogens is 1. The van der Waals surface area contributed by atoms with Crippen molar-refractivity contribution in [1.82, 2.24) is 10.3 Å². The molecule has 2 aromatic rings. The minimum Gasteiger partial charge on any atom is -0.461 e. The minimum absolute atomic E-state index is 0.126. The molecule has 9 nitrogen and oxygen atoms in total. The van der Waals surface area contributed by atoms with Gasteiger partial charge in [0.2, 0.25) is 0 Å². The highest BCUT2D eigenvalue weighted by atomic mass is 16.5. The molecule has 0 bridgehead atoms. The van der Waals surface area contributed by atoms with Gasteiger partial charge in [-0.15, -0.1) is 0 Å². The van der Waals surface area contributed by atoms with Crippen molar-refractivity contribution in [2.24, 2.45) is 0 Å². The number of nitrogens with zero attached hydrogens (tertiary/aromatic N) is 2. The van der Waals surface area contributed by atoms with E-state index in [1.165, 1.54) is 6.26 Å². The lowest BCUT2D eigenvalue weighted by Gasteiger charge is -2.36. The lowest BCUT2D eigenvalue weighted by Crippen LogP contribution is -2.55. The van der Waals surface area contributed by atoms with Crippen LogP contribution in [0.4, 0.5) is 10.8 Å². The number of hydrogen-bond acceptors (Lipinski definition) is 8. The molecule has 0 aliphatic carbocycles. The van der Waals surface area contributed by atoms with Gasteiger partial charge in [-0.05, 0) is 18.9 Å². The number of ether oxygens (including phenoxy) is 3. The van der Waals surface area contributed by atoms with E-state index in [1.807, 2.05) is 35.2 Å². The van der Waals surface area contributed by atoms with Gasteiger partial charge in [0, 0.05) is 13.7 Å². The normalized spacial score (nSPS) is 18.9. The third kappa shape index (κ3) is 5.47. The van der Waals surface area contributed by atoms with Gasteiger partial charge in [-0.3, -0.25) is 0 Å². The molecule has 1 N–H and O–H groups in total. The van der Waals surface area contributed by atoms with Crippen LogP contribution >= 0.6 is 0 Å². The topological polar surface area (TPSA) is 103 Å². The second-order valence-corrected chi connectivity index (χ2v) is 6.56. The first-order valence-corrected chi connectivity index (χ1v) is 9.48. The van der Waals surface area contributed by atoms with Crippen molar-refractivity contribution in [1.29, 1.82) is 0 Å². The highest BCUT2D eigenvalue weighted by Crippen LogP contribution is 2.21. The molecular weight excluding hydrogens is 378 g/mol. The van der Waals surface area contributed by atoms with Crippen LogP contribution in [0.1, 0.15) is 29.4 Å². The molecule has 1 fully saturated rings. The molecule has 1 amide bonds. The summed E-state index contributed by atoms with van der Waals surface area (Å²) in [6.45, 7) is 3.22. The Bertz CT molecular complexity index is 810. The number of carbonyl (C=O) groups excluding carboxylic acids is 2. The number of anilines is 1. The van der Waals surface area contributed by atoms with Gasteiger partial charge in [0.05, 0.1) is 25.3 Å². The molecule has 29 heavy (non-hydrogen) atoms. The summed E-state index contributed by atoms with van der Waals surface area (Å²) in [5, 5.41) is 2.86. The van der Waals surface area contributed by atoms with E-state index < -0.39 is 12.1 Å². The number of hydrogen-bond donors (Lipinski definition) is 1. The fraction of sp³-hybridized carbons (Fsp3) is 0.450. The summed E-state index contributed by atoms with van der Waals surface area (Å²) in [5.41, 5.74) is 1.04. The van der Waals surface area contributed by atoms with E-state index in [0.29, 0.717) is 25.5 Å². The summed E-state index contributed by atoms with van der Waals surface area (Å²) >= 11 is 0. The van der Waals surface area contributed by atoms with Crippen molar-refractivity contribution in [3.63, 3.8) is 0 Å². The largest absolute Gasteiger partial charge is 0.461 e. The van der Waals surface area contributed by atoms with Gasteiger partial charge in [0.15, 0.2) is 5.69 Å². The van der Waals surface area contributed by atoms with Crippen LogP contribution in [0.3, 0.4) is 0 Å². The Labute approximate surface area is 168 Å². The zero-order valence-electron chi connectivity index (χ0n) is 16.5. The maximum Gasteiger partial charge on any atom is 0.407 e. The lowest BCUT2D eigenvalue weighted by atomic mass is 10.0. The highest BCUT2D eigenvalue weighted by molar-refractivity contribution is 5.87.